The molecule has 4 atom stereocenters. The summed E-state index contributed by atoms with van der Waals surface area (Å²) in [6, 6.07) is 0. The lowest BCUT2D eigenvalue weighted by Crippen LogP contribution is -2.35. The van der Waals surface area contributed by atoms with Crippen LogP contribution in [0.25, 0.3) is 0 Å². The van der Waals surface area contributed by atoms with Crippen LogP contribution >= 0.6 is 0 Å². The zero-order valence-electron chi connectivity index (χ0n) is 4.73. The van der Waals surface area contributed by atoms with E-state index in [4.69, 9.17) is 19.7 Å². The maximum Gasteiger partial charge on any atom is 0.187 e. The summed E-state index contributed by atoms with van der Waals surface area (Å²) in [5.41, 5.74) is 0. The van der Waals surface area contributed by atoms with Crippen LogP contribution in [-0.4, -0.2) is 35.0 Å². The molecule has 0 aromatic carbocycles. The summed E-state index contributed by atoms with van der Waals surface area (Å²) in [7, 11) is 0. The van der Waals surface area contributed by atoms with Crippen molar-refractivity contribution in [2.45, 2.75) is 31.2 Å². The molecular formula is C5H8O4. The fourth-order valence-electron chi connectivity index (χ4n) is 0.996. The third-order valence-corrected chi connectivity index (χ3v) is 1.61. The quantitative estimate of drug-likeness (QED) is 0.407. The predicted molar refractivity (Wildman–Crippen MR) is 26.4 cm³/mol. The van der Waals surface area contributed by atoms with Crippen molar-refractivity contribution in [2.75, 3.05) is 0 Å². The summed E-state index contributed by atoms with van der Waals surface area (Å²) in [6.45, 7) is 0. The van der Waals surface area contributed by atoms with Crippen molar-refractivity contribution >= 4 is 0 Å². The van der Waals surface area contributed by atoms with Crippen LogP contribution in [0.5, 0.6) is 0 Å². The second kappa shape index (κ2) is 1.67. The van der Waals surface area contributed by atoms with Gasteiger partial charge in [0.1, 0.15) is 12.2 Å². The van der Waals surface area contributed by atoms with E-state index in [0.717, 1.165) is 0 Å². The Morgan fingerprint density at radius 3 is 2.67 bits per heavy atom. The lowest BCUT2D eigenvalue weighted by molar-refractivity contribution is -0.194. The van der Waals surface area contributed by atoms with Crippen LogP contribution in [-0.2, 0) is 9.47 Å². The molecule has 0 aromatic heterocycles. The number of epoxide rings is 1. The molecule has 0 radical (unpaired) electrons. The molecule has 2 aliphatic heterocycles. The minimum absolute atomic E-state index is 0.0309. The highest BCUT2D eigenvalue weighted by molar-refractivity contribution is 4.85. The van der Waals surface area contributed by atoms with Crippen molar-refractivity contribution in [1.29, 1.82) is 0 Å². The summed E-state index contributed by atoms with van der Waals surface area (Å²) in [4.78, 5) is 0. The van der Waals surface area contributed by atoms with Crippen LogP contribution in [0, 0.1) is 0 Å². The van der Waals surface area contributed by atoms with Gasteiger partial charge in [-0.05, 0) is 0 Å². The summed E-state index contributed by atoms with van der Waals surface area (Å²) in [5, 5.41) is 17.7. The smallest absolute Gasteiger partial charge is 0.187 e. The van der Waals surface area contributed by atoms with E-state index in [1.54, 1.807) is 0 Å². The molecule has 0 aromatic rings. The first-order chi connectivity index (χ1) is 4.27. The first-order valence-electron chi connectivity index (χ1n) is 2.94. The molecule has 2 N–H and O–H groups in total. The Kier molecular flexibility index (Phi) is 1.04. The molecule has 2 rings (SSSR count). The van der Waals surface area contributed by atoms with E-state index in [2.05, 4.69) is 0 Å². The van der Waals surface area contributed by atoms with Crippen LogP contribution in [0.2, 0.25) is 0 Å². The van der Waals surface area contributed by atoms with Gasteiger partial charge in [-0.2, -0.15) is 0 Å². The van der Waals surface area contributed by atoms with Gasteiger partial charge in [-0.1, -0.05) is 0 Å². The first kappa shape index (κ1) is 5.61. The molecule has 0 spiro atoms. The van der Waals surface area contributed by atoms with Crippen LogP contribution < -0.4 is 0 Å². The second-order valence-electron chi connectivity index (χ2n) is 2.37. The van der Waals surface area contributed by atoms with E-state index in [9.17, 15) is 0 Å². The molecule has 4 nitrogen and oxygen atoms in total. The number of hydrogen-bond acceptors (Lipinski definition) is 4. The molecule has 9 heavy (non-hydrogen) atoms. The Morgan fingerprint density at radius 1 is 1.22 bits per heavy atom. The summed E-state index contributed by atoms with van der Waals surface area (Å²) in [5.74, 6) is 0. The highest BCUT2D eigenvalue weighted by atomic mass is 16.8. The number of rotatable bonds is 0. The Bertz CT molecular complexity index is 112. The number of fused-ring (bicyclic) bond motifs is 1. The number of aliphatic hydroxyl groups excluding tert-OH is 2. The molecule has 4 unspecified atom stereocenters. The number of aliphatic hydroxyl groups is 2. The fraction of sp³-hybridized carbons (Fsp3) is 1.00. The molecule has 2 aliphatic rings. The molecule has 0 saturated carbocycles. The van der Waals surface area contributed by atoms with E-state index < -0.39 is 12.4 Å². The van der Waals surface area contributed by atoms with Gasteiger partial charge in [0.05, 0.1) is 0 Å². The highest BCUT2D eigenvalue weighted by Crippen LogP contribution is 2.34. The molecular weight excluding hydrogens is 124 g/mol. The van der Waals surface area contributed by atoms with Gasteiger partial charge < -0.3 is 19.7 Å². The van der Waals surface area contributed by atoms with E-state index in [1.165, 1.54) is 0 Å². The standard InChI is InChI=1S/C5H8O4/c6-2-1-3-5(8-3)9-4(2)7/h2-7H,1H2. The Hall–Kier alpha value is -0.160. The van der Waals surface area contributed by atoms with Crippen molar-refractivity contribution in [3.05, 3.63) is 0 Å². The van der Waals surface area contributed by atoms with E-state index >= 15 is 0 Å². The molecule has 2 fully saturated rings. The van der Waals surface area contributed by atoms with E-state index in [0.29, 0.717) is 6.42 Å². The third-order valence-electron chi connectivity index (χ3n) is 1.61. The molecule has 52 valence electrons. The molecule has 4 heteroatoms. The summed E-state index contributed by atoms with van der Waals surface area (Å²) in [6.07, 6.45) is -1.54. The van der Waals surface area contributed by atoms with Crippen LogP contribution in [0.4, 0.5) is 0 Å². The van der Waals surface area contributed by atoms with Crippen molar-refractivity contribution in [3.8, 4) is 0 Å². The maximum absolute atomic E-state index is 8.92. The van der Waals surface area contributed by atoms with Crippen molar-refractivity contribution in [2.24, 2.45) is 0 Å². The SMILES string of the molecule is OC1CC2OC2OC1O. The van der Waals surface area contributed by atoms with Gasteiger partial charge in [-0.15, -0.1) is 0 Å². The largest absolute Gasteiger partial charge is 0.388 e. The zero-order chi connectivity index (χ0) is 6.43. The zero-order valence-corrected chi connectivity index (χ0v) is 4.73. The normalized spacial score (nSPS) is 56.7. The van der Waals surface area contributed by atoms with Crippen molar-refractivity contribution in [3.63, 3.8) is 0 Å². The number of hydrogen-bond donors (Lipinski definition) is 2. The Morgan fingerprint density at radius 2 is 2.00 bits per heavy atom. The molecule has 2 heterocycles. The van der Waals surface area contributed by atoms with E-state index in [1.807, 2.05) is 0 Å². The number of ether oxygens (including phenoxy) is 2. The van der Waals surface area contributed by atoms with Crippen LogP contribution in [0.3, 0.4) is 0 Å². The Labute approximate surface area is 52.0 Å². The van der Waals surface area contributed by atoms with Crippen molar-refractivity contribution in [1.82, 2.24) is 0 Å². The Balaban J connectivity index is 1.98. The fourth-order valence-corrected chi connectivity index (χ4v) is 0.996. The monoisotopic (exact) mass is 132 g/mol. The van der Waals surface area contributed by atoms with Gasteiger partial charge in [-0.3, -0.25) is 0 Å². The minimum atomic E-state index is -1.05. The van der Waals surface area contributed by atoms with Crippen molar-refractivity contribution < 1.29 is 19.7 Å². The van der Waals surface area contributed by atoms with Gasteiger partial charge in [0.2, 0.25) is 0 Å². The first-order valence-corrected chi connectivity index (χ1v) is 2.94. The predicted octanol–water partition coefficient (Wildman–Crippen LogP) is -1.19. The summed E-state index contributed by atoms with van der Waals surface area (Å²) >= 11 is 0. The topological polar surface area (TPSA) is 62.2 Å². The maximum atomic E-state index is 8.92. The van der Waals surface area contributed by atoms with Gasteiger partial charge in [0.25, 0.3) is 0 Å². The van der Waals surface area contributed by atoms with Gasteiger partial charge in [0.15, 0.2) is 12.6 Å². The highest BCUT2D eigenvalue weighted by Gasteiger charge is 2.48. The van der Waals surface area contributed by atoms with E-state index in [-0.39, 0.29) is 12.4 Å². The second-order valence-corrected chi connectivity index (χ2v) is 2.37. The van der Waals surface area contributed by atoms with Gasteiger partial charge in [0, 0.05) is 6.42 Å². The molecule has 0 amide bonds. The van der Waals surface area contributed by atoms with Crippen LogP contribution in [0.1, 0.15) is 6.42 Å². The van der Waals surface area contributed by atoms with Crippen LogP contribution in [0.15, 0.2) is 0 Å². The molecule has 0 bridgehead atoms. The average Bonchev–Trinajstić information content (AvgIpc) is 2.46. The average molecular weight is 132 g/mol. The summed E-state index contributed by atoms with van der Waals surface area (Å²) < 4.78 is 9.63. The van der Waals surface area contributed by atoms with Gasteiger partial charge >= 0.3 is 0 Å². The molecule has 2 saturated heterocycles. The lowest BCUT2D eigenvalue weighted by Gasteiger charge is -2.19. The third kappa shape index (κ3) is 0.840. The molecule has 0 aliphatic carbocycles. The van der Waals surface area contributed by atoms with Gasteiger partial charge in [-0.25, -0.2) is 0 Å². The minimum Gasteiger partial charge on any atom is -0.388 e. The lowest BCUT2D eigenvalue weighted by atomic mass is 10.1.